The highest BCUT2D eigenvalue weighted by molar-refractivity contribution is 6.30. The Balaban J connectivity index is 1.89. The SMILES string of the molecule is CCC(OC)C(C)C1OC1C(NCc1ccc(Cl)cc1F)C(C)(O)C=CC=C(C)C1OC(=O)CC(O)CCC(C)(O)C(OC(C)=O)C=CC1C. The molecule has 2 heterocycles. The lowest BCUT2D eigenvalue weighted by molar-refractivity contribution is -0.157. The predicted molar refractivity (Wildman–Crippen MR) is 189 cm³/mol. The van der Waals surface area contributed by atoms with Gasteiger partial charge >= 0.3 is 11.9 Å². The van der Waals surface area contributed by atoms with E-state index in [0.29, 0.717) is 11.1 Å². The summed E-state index contributed by atoms with van der Waals surface area (Å²) in [5.74, 6) is -2.01. The smallest absolute Gasteiger partial charge is 0.309 e. The van der Waals surface area contributed by atoms with Crippen LogP contribution in [0.4, 0.5) is 4.39 Å². The van der Waals surface area contributed by atoms with Gasteiger partial charge in [-0.3, -0.25) is 9.59 Å². The average molecular weight is 724 g/mol. The Hall–Kier alpha value is -2.64. The Morgan fingerprint density at radius 2 is 1.98 bits per heavy atom. The maximum atomic E-state index is 14.7. The molecule has 2 aliphatic heterocycles. The largest absolute Gasteiger partial charge is 0.457 e. The molecular formula is C38H55ClFNO9. The molecule has 10 nitrogen and oxygen atoms in total. The fourth-order valence-corrected chi connectivity index (χ4v) is 6.71. The molecule has 0 bridgehead atoms. The molecule has 1 saturated heterocycles. The minimum atomic E-state index is -1.48. The van der Waals surface area contributed by atoms with Gasteiger partial charge in [-0.1, -0.05) is 62.7 Å². The molecule has 280 valence electrons. The van der Waals surface area contributed by atoms with Crippen molar-refractivity contribution in [1.82, 2.24) is 5.32 Å². The minimum absolute atomic E-state index is 0.0355. The molecule has 0 amide bonds. The fourth-order valence-electron chi connectivity index (χ4n) is 6.56. The molecule has 12 heteroatoms. The van der Waals surface area contributed by atoms with E-state index in [1.807, 2.05) is 20.8 Å². The van der Waals surface area contributed by atoms with Gasteiger partial charge < -0.3 is 39.6 Å². The minimum Gasteiger partial charge on any atom is -0.457 e. The van der Waals surface area contributed by atoms with Crippen LogP contribution in [-0.2, 0) is 35.1 Å². The lowest BCUT2D eigenvalue weighted by Crippen LogP contribution is -2.52. The monoisotopic (exact) mass is 723 g/mol. The number of nitrogens with one attached hydrogen (secondary N) is 1. The number of hydrogen-bond donors (Lipinski definition) is 4. The number of ether oxygens (including phenoxy) is 4. The first-order valence-electron chi connectivity index (χ1n) is 17.3. The lowest BCUT2D eigenvalue weighted by Gasteiger charge is -2.32. The molecule has 4 N–H and O–H groups in total. The summed E-state index contributed by atoms with van der Waals surface area (Å²) < 4.78 is 37.7. The number of carbonyl (C=O) groups is 2. The third kappa shape index (κ3) is 11.7. The van der Waals surface area contributed by atoms with E-state index in [2.05, 4.69) is 5.32 Å². The number of aliphatic hydroxyl groups excluding tert-OH is 1. The van der Waals surface area contributed by atoms with Crippen LogP contribution in [-0.4, -0.2) is 88.2 Å². The van der Waals surface area contributed by atoms with Gasteiger partial charge in [-0.15, -0.1) is 0 Å². The number of rotatable bonds is 13. The van der Waals surface area contributed by atoms with Crippen molar-refractivity contribution in [1.29, 1.82) is 0 Å². The molecule has 11 atom stereocenters. The van der Waals surface area contributed by atoms with E-state index < -0.39 is 59.2 Å². The topological polar surface area (TPSA) is 147 Å². The maximum absolute atomic E-state index is 14.7. The molecule has 11 unspecified atom stereocenters. The summed E-state index contributed by atoms with van der Waals surface area (Å²) in [5, 5.41) is 37.0. The number of allylic oxidation sites excluding steroid dienone is 2. The third-order valence-corrected chi connectivity index (χ3v) is 9.95. The Bertz CT molecular complexity index is 1390. The molecule has 1 aromatic rings. The van der Waals surface area contributed by atoms with Gasteiger partial charge in [-0.25, -0.2) is 4.39 Å². The number of esters is 2. The van der Waals surface area contributed by atoms with Gasteiger partial charge in [0.1, 0.15) is 29.7 Å². The highest BCUT2D eigenvalue weighted by Crippen LogP contribution is 2.39. The van der Waals surface area contributed by atoms with E-state index in [-0.39, 0.29) is 55.1 Å². The Kier molecular flexibility index (Phi) is 15.2. The van der Waals surface area contributed by atoms with Crippen LogP contribution in [0, 0.1) is 17.7 Å². The fraction of sp³-hybridized carbons (Fsp3) is 0.632. The number of halogens is 2. The van der Waals surface area contributed by atoms with Crippen LogP contribution in [0.3, 0.4) is 0 Å². The summed E-state index contributed by atoms with van der Waals surface area (Å²) in [6.45, 7) is 12.2. The van der Waals surface area contributed by atoms with Gasteiger partial charge in [0.05, 0.1) is 36.4 Å². The van der Waals surface area contributed by atoms with Gasteiger partial charge in [-0.2, -0.15) is 0 Å². The molecule has 0 aromatic heterocycles. The van der Waals surface area contributed by atoms with Crippen LogP contribution in [0.2, 0.25) is 5.02 Å². The molecule has 3 rings (SSSR count). The first kappa shape index (κ1) is 41.8. The number of cyclic esters (lactones) is 1. The first-order valence-corrected chi connectivity index (χ1v) is 17.7. The lowest BCUT2D eigenvalue weighted by atomic mass is 9.87. The summed E-state index contributed by atoms with van der Waals surface area (Å²) in [6, 6.07) is 3.81. The van der Waals surface area contributed by atoms with Crippen LogP contribution >= 0.6 is 11.6 Å². The van der Waals surface area contributed by atoms with Crippen molar-refractivity contribution >= 4 is 23.5 Å². The van der Waals surface area contributed by atoms with Crippen LogP contribution in [0.15, 0.2) is 54.2 Å². The second-order valence-corrected chi connectivity index (χ2v) is 14.6. The standard InChI is InChI=1S/C38H55ClFNO9/c1-9-30(47-8)24(4)34-35(50-34)36(41-21-26-13-14-27(39)19-29(26)40)38(7,46)17-10-11-22(2)33-23(3)12-15-31(48-25(5)42)37(6,45)18-16-28(43)20-32(44)49-33/h10-15,17,19,23-24,28,30-31,33-36,41,43,45-46H,9,16,18,20-21H2,1-8H3. The van der Waals surface area contributed by atoms with Gasteiger partial charge in [-0.05, 0) is 63.8 Å². The van der Waals surface area contributed by atoms with Crippen molar-refractivity contribution in [2.75, 3.05) is 7.11 Å². The van der Waals surface area contributed by atoms with E-state index in [4.69, 9.17) is 30.5 Å². The summed E-state index contributed by atoms with van der Waals surface area (Å²) in [5.41, 5.74) is -1.93. The Morgan fingerprint density at radius 3 is 2.60 bits per heavy atom. The number of epoxide rings is 1. The van der Waals surface area contributed by atoms with Crippen molar-refractivity contribution in [3.05, 3.63) is 70.6 Å². The van der Waals surface area contributed by atoms with E-state index in [1.54, 1.807) is 63.5 Å². The van der Waals surface area contributed by atoms with Crippen molar-refractivity contribution in [3.63, 3.8) is 0 Å². The average Bonchev–Trinajstić information content (AvgIpc) is 3.82. The molecule has 2 aliphatic rings. The normalized spacial score (nSPS) is 31.1. The molecule has 1 fully saturated rings. The zero-order valence-corrected chi connectivity index (χ0v) is 31.2. The molecule has 0 radical (unpaired) electrons. The van der Waals surface area contributed by atoms with E-state index >= 15 is 0 Å². The second kappa shape index (κ2) is 18.2. The van der Waals surface area contributed by atoms with Crippen molar-refractivity contribution in [3.8, 4) is 0 Å². The van der Waals surface area contributed by atoms with Crippen LogP contribution in [0.25, 0.3) is 0 Å². The van der Waals surface area contributed by atoms with Crippen molar-refractivity contribution in [2.45, 2.75) is 135 Å². The number of carbonyl (C=O) groups excluding carboxylic acids is 2. The number of methoxy groups -OCH3 is 1. The maximum Gasteiger partial charge on any atom is 0.309 e. The number of hydrogen-bond acceptors (Lipinski definition) is 10. The highest BCUT2D eigenvalue weighted by atomic mass is 35.5. The van der Waals surface area contributed by atoms with Gasteiger partial charge in [0, 0.05) is 43.0 Å². The van der Waals surface area contributed by atoms with E-state index in [9.17, 15) is 29.3 Å². The van der Waals surface area contributed by atoms with Gasteiger partial charge in [0.2, 0.25) is 0 Å². The zero-order chi connectivity index (χ0) is 37.4. The zero-order valence-electron chi connectivity index (χ0n) is 30.4. The summed E-state index contributed by atoms with van der Waals surface area (Å²) >= 11 is 5.95. The summed E-state index contributed by atoms with van der Waals surface area (Å²) in [6.07, 6.45) is 5.56. The van der Waals surface area contributed by atoms with Crippen molar-refractivity contribution < 1.29 is 48.2 Å². The van der Waals surface area contributed by atoms with E-state index in [0.717, 1.165) is 6.42 Å². The summed E-state index contributed by atoms with van der Waals surface area (Å²) in [4.78, 5) is 24.7. The van der Waals surface area contributed by atoms with E-state index in [1.165, 1.54) is 19.9 Å². The molecule has 0 spiro atoms. The van der Waals surface area contributed by atoms with Gasteiger partial charge in [0.15, 0.2) is 0 Å². The number of aliphatic hydroxyl groups is 3. The highest BCUT2D eigenvalue weighted by Gasteiger charge is 2.54. The van der Waals surface area contributed by atoms with Gasteiger partial charge in [0.25, 0.3) is 0 Å². The van der Waals surface area contributed by atoms with Crippen LogP contribution in [0.5, 0.6) is 0 Å². The van der Waals surface area contributed by atoms with Crippen LogP contribution < -0.4 is 5.32 Å². The molecule has 50 heavy (non-hydrogen) atoms. The molecule has 1 aromatic carbocycles. The Labute approximate surface area is 300 Å². The van der Waals surface area contributed by atoms with Crippen LogP contribution in [0.1, 0.15) is 79.7 Å². The van der Waals surface area contributed by atoms with Crippen molar-refractivity contribution in [2.24, 2.45) is 11.8 Å². The second-order valence-electron chi connectivity index (χ2n) is 14.1. The molecule has 0 aliphatic carbocycles. The Morgan fingerprint density at radius 1 is 1.28 bits per heavy atom. The third-order valence-electron chi connectivity index (χ3n) is 9.72. The number of benzene rings is 1. The predicted octanol–water partition coefficient (Wildman–Crippen LogP) is 5.35. The molecular weight excluding hydrogens is 669 g/mol. The first-order chi connectivity index (χ1) is 23.4. The quantitative estimate of drug-likeness (QED) is 0.0909. The molecule has 0 saturated carbocycles. The summed E-state index contributed by atoms with van der Waals surface area (Å²) in [7, 11) is 1.66.